The summed E-state index contributed by atoms with van der Waals surface area (Å²) in [5.41, 5.74) is 3.46. The van der Waals surface area contributed by atoms with Crippen molar-refractivity contribution in [3.8, 4) is 34.5 Å². The van der Waals surface area contributed by atoms with Crippen molar-refractivity contribution in [3.05, 3.63) is 77.4 Å². The summed E-state index contributed by atoms with van der Waals surface area (Å²) < 4.78 is 31.3. The van der Waals surface area contributed by atoms with Crippen molar-refractivity contribution in [3.63, 3.8) is 0 Å². The Kier molecular flexibility index (Phi) is 11.0. The predicted octanol–water partition coefficient (Wildman–Crippen LogP) is 6.26. The van der Waals surface area contributed by atoms with Gasteiger partial charge in [-0.25, -0.2) is 0 Å². The summed E-state index contributed by atoms with van der Waals surface area (Å²) in [5, 5.41) is -0.530. The van der Waals surface area contributed by atoms with E-state index in [0.717, 1.165) is 28.2 Å². The Morgan fingerprint density at radius 2 is 1.03 bits per heavy atom. The highest BCUT2D eigenvalue weighted by molar-refractivity contribution is 6.67. The summed E-state index contributed by atoms with van der Waals surface area (Å²) in [7, 11) is 9.57. The van der Waals surface area contributed by atoms with E-state index in [-0.39, 0.29) is 0 Å². The number of carbonyl (C=O) groups is 1. The minimum Gasteiger partial charge on any atom is -0.497 e. The molecule has 0 bridgehead atoms. The minimum absolute atomic E-state index is 0.359. The van der Waals surface area contributed by atoms with Crippen LogP contribution in [0.3, 0.4) is 0 Å². The lowest BCUT2D eigenvalue weighted by Gasteiger charge is -2.14. The summed E-state index contributed by atoms with van der Waals surface area (Å²) in [6.07, 6.45) is 2.05. The monoisotopic (exact) mass is 514 g/mol. The zero-order valence-electron chi connectivity index (χ0n) is 21.5. The third-order valence-electron chi connectivity index (χ3n) is 5.22. The van der Waals surface area contributed by atoms with Gasteiger partial charge in [0.2, 0.25) is 0 Å². The van der Waals surface area contributed by atoms with Crippen molar-refractivity contribution in [2.75, 3.05) is 42.7 Å². The molecule has 0 saturated carbocycles. The first-order valence-electron chi connectivity index (χ1n) is 10.9. The molecular weight excluding hydrogens is 484 g/mol. The van der Waals surface area contributed by atoms with E-state index >= 15 is 0 Å². The van der Waals surface area contributed by atoms with Gasteiger partial charge in [0.05, 0.1) is 42.7 Å². The highest BCUT2D eigenvalue weighted by Gasteiger charge is 2.12. The topological polar surface area (TPSA) is 72.5 Å². The summed E-state index contributed by atoms with van der Waals surface area (Å²) in [4.78, 5) is 10.8. The lowest BCUT2D eigenvalue weighted by atomic mass is 9.97. The average molecular weight is 515 g/mol. The zero-order valence-corrected chi connectivity index (χ0v) is 22.3. The van der Waals surface area contributed by atoms with Gasteiger partial charge in [-0.3, -0.25) is 4.79 Å². The van der Waals surface area contributed by atoms with Gasteiger partial charge in [-0.2, -0.15) is 0 Å². The van der Waals surface area contributed by atoms with E-state index in [1.165, 1.54) is 14.2 Å². The molecule has 0 N–H and O–H groups in total. The van der Waals surface area contributed by atoms with Crippen molar-refractivity contribution in [2.24, 2.45) is 0 Å². The van der Waals surface area contributed by atoms with Crippen LogP contribution in [0.2, 0.25) is 0 Å². The van der Waals surface area contributed by atoms with E-state index in [1.54, 1.807) is 46.6 Å². The fraction of sp³-hybridized carbons (Fsp3) is 0.250. The smallest absolute Gasteiger partial charge is 0.252 e. The van der Waals surface area contributed by atoms with Crippen LogP contribution in [-0.4, -0.2) is 47.9 Å². The fourth-order valence-electron chi connectivity index (χ4n) is 3.39. The van der Waals surface area contributed by atoms with Gasteiger partial charge in [0.1, 0.15) is 23.0 Å². The van der Waals surface area contributed by atoms with E-state index in [4.69, 9.17) is 40.0 Å². The van der Waals surface area contributed by atoms with Crippen LogP contribution in [0.4, 0.5) is 0 Å². The molecule has 7 nitrogen and oxygen atoms in total. The third-order valence-corrected chi connectivity index (χ3v) is 5.44. The number of benzene rings is 3. The number of hydrogen-bond acceptors (Lipinski definition) is 7. The molecule has 0 spiro atoms. The Morgan fingerprint density at radius 1 is 0.583 bits per heavy atom. The molecular formula is C28H31ClO7. The lowest BCUT2D eigenvalue weighted by molar-refractivity contribution is 0.108. The maximum Gasteiger partial charge on any atom is 0.252 e. The van der Waals surface area contributed by atoms with Crippen molar-refractivity contribution in [1.82, 2.24) is 0 Å². The molecule has 192 valence electrons. The number of ether oxygens (including phenoxy) is 6. The van der Waals surface area contributed by atoms with Crippen LogP contribution in [-0.2, 0) is 0 Å². The highest BCUT2D eigenvalue weighted by Crippen LogP contribution is 2.35. The largest absolute Gasteiger partial charge is 0.497 e. The van der Waals surface area contributed by atoms with Gasteiger partial charge in [-0.1, -0.05) is 12.1 Å². The van der Waals surface area contributed by atoms with E-state index in [1.807, 2.05) is 43.3 Å². The number of rotatable bonds is 9. The SMILES string of the molecule is CC=C(c1cc(OC)cc(OC)c1)c1ccc(OC)c(OC)c1.COc1cc(OC)cc(C(=O)Cl)c1. The molecule has 0 heterocycles. The molecule has 0 aliphatic carbocycles. The van der Waals surface area contributed by atoms with Gasteiger partial charge >= 0.3 is 0 Å². The van der Waals surface area contributed by atoms with E-state index in [2.05, 4.69) is 6.08 Å². The maximum atomic E-state index is 10.8. The molecule has 3 rings (SSSR count). The molecule has 0 unspecified atom stereocenters. The van der Waals surface area contributed by atoms with Crippen molar-refractivity contribution in [1.29, 1.82) is 0 Å². The number of halogens is 1. The Labute approximate surface area is 217 Å². The second kappa shape index (κ2) is 13.9. The van der Waals surface area contributed by atoms with Crippen LogP contribution in [0.25, 0.3) is 5.57 Å². The average Bonchev–Trinajstić information content (AvgIpc) is 2.92. The molecule has 3 aromatic rings. The van der Waals surface area contributed by atoms with E-state index in [0.29, 0.717) is 28.6 Å². The van der Waals surface area contributed by atoms with Gasteiger partial charge in [0.15, 0.2) is 11.5 Å². The number of carbonyl (C=O) groups excluding carboxylic acids is 1. The predicted molar refractivity (Wildman–Crippen MR) is 142 cm³/mol. The highest BCUT2D eigenvalue weighted by atomic mass is 35.5. The molecule has 0 saturated heterocycles. The normalized spacial score (nSPS) is 10.5. The molecule has 0 aromatic heterocycles. The summed E-state index contributed by atoms with van der Waals surface area (Å²) in [6, 6.07) is 16.4. The summed E-state index contributed by atoms with van der Waals surface area (Å²) >= 11 is 5.31. The summed E-state index contributed by atoms with van der Waals surface area (Å²) in [6.45, 7) is 2.00. The van der Waals surface area contributed by atoms with Crippen LogP contribution in [0.1, 0.15) is 28.4 Å². The second-order valence-corrected chi connectivity index (χ2v) is 7.59. The zero-order chi connectivity index (χ0) is 26.7. The molecule has 0 aliphatic rings. The quantitative estimate of drug-likeness (QED) is 0.312. The second-order valence-electron chi connectivity index (χ2n) is 7.25. The molecule has 0 amide bonds. The standard InChI is InChI=1S/C19H22O4.C9H9ClO3/c1-6-17(13-7-8-18(22-4)19(11-13)23-5)14-9-15(20-2)12-16(10-14)21-3;1-12-7-3-6(9(10)11)4-8(5-7)13-2/h6-12H,1-5H3;3-5H,1-2H3. The van der Waals surface area contributed by atoms with Crippen molar-refractivity contribution in [2.45, 2.75) is 6.92 Å². The molecule has 36 heavy (non-hydrogen) atoms. The minimum atomic E-state index is -0.530. The van der Waals surface area contributed by atoms with Crippen molar-refractivity contribution < 1.29 is 33.2 Å². The third kappa shape index (κ3) is 7.33. The van der Waals surface area contributed by atoms with E-state index < -0.39 is 5.24 Å². The Hall–Kier alpha value is -3.84. The number of methoxy groups -OCH3 is 6. The lowest BCUT2D eigenvalue weighted by Crippen LogP contribution is -1.95. The van der Waals surface area contributed by atoms with Gasteiger partial charge in [-0.05, 0) is 71.6 Å². The van der Waals surface area contributed by atoms with Gasteiger partial charge in [0, 0.05) is 17.7 Å². The molecule has 8 heteroatoms. The van der Waals surface area contributed by atoms with Crippen LogP contribution < -0.4 is 28.4 Å². The van der Waals surface area contributed by atoms with Crippen LogP contribution in [0.15, 0.2) is 60.7 Å². The molecule has 3 aromatic carbocycles. The van der Waals surface area contributed by atoms with Gasteiger partial charge in [0.25, 0.3) is 5.24 Å². The Balaban J connectivity index is 0.000000297. The maximum absolute atomic E-state index is 10.8. The fourth-order valence-corrected chi connectivity index (χ4v) is 3.50. The van der Waals surface area contributed by atoms with Gasteiger partial charge < -0.3 is 28.4 Å². The Morgan fingerprint density at radius 3 is 1.39 bits per heavy atom. The van der Waals surface area contributed by atoms with E-state index in [9.17, 15) is 4.79 Å². The number of allylic oxidation sites excluding steroid dienone is 1. The Bertz CT molecular complexity index is 1160. The van der Waals surface area contributed by atoms with Crippen molar-refractivity contribution >= 4 is 22.4 Å². The molecule has 0 fully saturated rings. The molecule has 0 aliphatic heterocycles. The first-order chi connectivity index (χ1) is 17.3. The first-order valence-corrected chi connectivity index (χ1v) is 11.3. The number of hydrogen-bond donors (Lipinski definition) is 0. The van der Waals surface area contributed by atoms with Crippen LogP contribution in [0.5, 0.6) is 34.5 Å². The molecule has 0 radical (unpaired) electrons. The van der Waals surface area contributed by atoms with Gasteiger partial charge in [-0.15, -0.1) is 0 Å². The van der Waals surface area contributed by atoms with Crippen LogP contribution >= 0.6 is 11.6 Å². The molecule has 0 atom stereocenters. The summed E-state index contributed by atoms with van der Waals surface area (Å²) in [5.74, 6) is 3.99. The van der Waals surface area contributed by atoms with Crippen LogP contribution in [0, 0.1) is 0 Å². The first kappa shape index (κ1) is 28.4.